The van der Waals surface area contributed by atoms with Gasteiger partial charge in [-0.25, -0.2) is 0 Å². The third-order valence-electron chi connectivity index (χ3n) is 2.39. The fourth-order valence-electron chi connectivity index (χ4n) is 1.39. The van der Waals surface area contributed by atoms with Crippen molar-refractivity contribution >= 4 is 5.97 Å². The number of unbranched alkanes of at least 4 members (excludes halogenated alkanes) is 6. The third kappa shape index (κ3) is 11.4. The van der Waals surface area contributed by atoms with Crippen molar-refractivity contribution in [3.63, 3.8) is 0 Å². The number of ether oxygens (including phenoxy) is 1. The highest BCUT2D eigenvalue weighted by Gasteiger charge is 2.00. The van der Waals surface area contributed by atoms with Gasteiger partial charge in [-0.15, -0.1) is 0 Å². The van der Waals surface area contributed by atoms with Crippen LogP contribution < -0.4 is 0 Å². The second-order valence-corrected chi connectivity index (χ2v) is 3.95. The molecule has 0 fully saturated rings. The summed E-state index contributed by atoms with van der Waals surface area (Å²) in [6, 6.07) is 0. The molecule has 0 N–H and O–H groups in total. The van der Waals surface area contributed by atoms with E-state index in [2.05, 4.69) is 13.8 Å². The predicted molar refractivity (Wildman–Crippen MR) is 63.5 cm³/mol. The molecule has 89 valence electrons. The van der Waals surface area contributed by atoms with Crippen molar-refractivity contribution in [2.24, 2.45) is 0 Å². The monoisotopic (exact) mass is 213 g/mol. The van der Waals surface area contributed by atoms with E-state index in [1.807, 2.05) is 0 Å². The molecule has 0 unspecified atom stereocenters. The Bertz CT molecular complexity index is 143. The van der Waals surface area contributed by atoms with Gasteiger partial charge in [0.25, 0.3) is 0 Å². The molecule has 2 heteroatoms. The largest absolute Gasteiger partial charge is 0.466 e. The van der Waals surface area contributed by atoms with Crippen LogP contribution in [-0.2, 0) is 9.53 Å². The summed E-state index contributed by atoms with van der Waals surface area (Å²) < 4.78 is 5.10. The topological polar surface area (TPSA) is 26.3 Å². The van der Waals surface area contributed by atoms with E-state index in [1.165, 1.54) is 25.7 Å². The maximum atomic E-state index is 11.1. The van der Waals surface area contributed by atoms with Gasteiger partial charge in [-0.3, -0.25) is 4.79 Å². The van der Waals surface area contributed by atoms with Crippen molar-refractivity contribution < 1.29 is 9.53 Å². The molecular weight excluding hydrogens is 188 g/mol. The van der Waals surface area contributed by atoms with Crippen molar-refractivity contribution in [1.29, 1.82) is 0 Å². The summed E-state index contributed by atoms with van der Waals surface area (Å²) in [6.45, 7) is 6.49. The molecule has 0 aromatic carbocycles. The van der Waals surface area contributed by atoms with E-state index in [1.54, 1.807) is 0 Å². The van der Waals surface area contributed by atoms with Crippen molar-refractivity contribution in [1.82, 2.24) is 0 Å². The zero-order valence-electron chi connectivity index (χ0n) is 10.1. The summed E-state index contributed by atoms with van der Waals surface area (Å²) in [4.78, 5) is 11.1. The number of esters is 1. The molecule has 0 rings (SSSR count). The van der Waals surface area contributed by atoms with E-state index >= 15 is 0 Å². The minimum absolute atomic E-state index is 0.0328. The zero-order chi connectivity index (χ0) is 11.4. The van der Waals surface area contributed by atoms with Gasteiger partial charge in [0.15, 0.2) is 0 Å². The molecule has 0 aromatic heterocycles. The zero-order valence-corrected chi connectivity index (χ0v) is 10.1. The molecule has 0 aliphatic heterocycles. The normalized spacial score (nSPS) is 10.3. The molecule has 0 heterocycles. The highest BCUT2D eigenvalue weighted by molar-refractivity contribution is 5.69. The molecular formula is C13H25O2. The first-order valence-electron chi connectivity index (χ1n) is 6.26. The van der Waals surface area contributed by atoms with Crippen LogP contribution in [0, 0.1) is 6.92 Å². The van der Waals surface area contributed by atoms with Crippen LogP contribution in [0.5, 0.6) is 0 Å². The van der Waals surface area contributed by atoms with Crippen LogP contribution in [0.3, 0.4) is 0 Å². The average Bonchev–Trinajstić information content (AvgIpc) is 2.25. The van der Waals surface area contributed by atoms with E-state index < -0.39 is 0 Å². The molecule has 0 spiro atoms. The lowest BCUT2D eigenvalue weighted by Gasteiger charge is -2.04. The van der Waals surface area contributed by atoms with Gasteiger partial charge in [0.1, 0.15) is 0 Å². The number of carbonyl (C=O) groups is 1. The summed E-state index contributed by atoms with van der Waals surface area (Å²) in [5.74, 6) is -0.0328. The number of hydrogen-bond acceptors (Lipinski definition) is 2. The molecule has 0 amide bonds. The molecule has 0 atom stereocenters. The lowest BCUT2D eigenvalue weighted by Crippen LogP contribution is -2.05. The van der Waals surface area contributed by atoms with Gasteiger partial charge < -0.3 is 4.74 Å². The van der Waals surface area contributed by atoms with Gasteiger partial charge in [0.2, 0.25) is 0 Å². The predicted octanol–water partition coefficient (Wildman–Crippen LogP) is 3.89. The maximum absolute atomic E-state index is 11.1. The first-order chi connectivity index (χ1) is 7.31. The highest BCUT2D eigenvalue weighted by Crippen LogP contribution is 2.05. The SMILES string of the molecule is [CH2]CCCCCCCOC(=O)CCCC. The van der Waals surface area contributed by atoms with Crippen molar-refractivity contribution in [2.45, 2.75) is 64.7 Å². The molecule has 0 saturated heterocycles. The molecule has 0 bridgehead atoms. The molecule has 0 aromatic rings. The van der Waals surface area contributed by atoms with Crippen LogP contribution in [0.25, 0.3) is 0 Å². The molecule has 15 heavy (non-hydrogen) atoms. The Morgan fingerprint density at radius 3 is 2.40 bits per heavy atom. The summed E-state index contributed by atoms with van der Waals surface area (Å²) in [7, 11) is 0. The van der Waals surface area contributed by atoms with Crippen molar-refractivity contribution in [2.75, 3.05) is 6.61 Å². The highest BCUT2D eigenvalue weighted by atomic mass is 16.5. The molecule has 0 aliphatic carbocycles. The Morgan fingerprint density at radius 1 is 1.07 bits per heavy atom. The first kappa shape index (κ1) is 14.5. The van der Waals surface area contributed by atoms with E-state index in [0.717, 1.165) is 25.7 Å². The summed E-state index contributed by atoms with van der Waals surface area (Å²) >= 11 is 0. The Labute approximate surface area is 94.4 Å². The van der Waals surface area contributed by atoms with Crippen LogP contribution in [0.2, 0.25) is 0 Å². The standard InChI is InChI=1S/C13H25O2/c1-3-5-7-8-9-10-12-15-13(14)11-6-4-2/h1,3-12H2,2H3. The Hall–Kier alpha value is -0.530. The van der Waals surface area contributed by atoms with E-state index in [0.29, 0.717) is 13.0 Å². The minimum atomic E-state index is -0.0328. The Kier molecular flexibility index (Phi) is 11.1. The van der Waals surface area contributed by atoms with Gasteiger partial charge in [0.05, 0.1) is 6.61 Å². The van der Waals surface area contributed by atoms with Crippen LogP contribution in [0.4, 0.5) is 0 Å². The molecule has 0 aliphatic rings. The molecule has 1 radical (unpaired) electrons. The van der Waals surface area contributed by atoms with Gasteiger partial charge in [-0.1, -0.05) is 52.4 Å². The fourth-order valence-corrected chi connectivity index (χ4v) is 1.39. The first-order valence-corrected chi connectivity index (χ1v) is 6.26. The van der Waals surface area contributed by atoms with Crippen molar-refractivity contribution in [3.8, 4) is 0 Å². The minimum Gasteiger partial charge on any atom is -0.466 e. The second kappa shape index (κ2) is 11.5. The summed E-state index contributed by atoms with van der Waals surface area (Å²) in [5, 5.41) is 0. The fraction of sp³-hybridized carbons (Fsp3) is 0.846. The van der Waals surface area contributed by atoms with Crippen molar-refractivity contribution in [3.05, 3.63) is 6.92 Å². The summed E-state index contributed by atoms with van der Waals surface area (Å²) in [5.41, 5.74) is 0. The van der Waals surface area contributed by atoms with Crippen LogP contribution in [0.15, 0.2) is 0 Å². The number of carbonyl (C=O) groups excluding carboxylic acids is 1. The Balaban J connectivity index is 3.06. The lowest BCUT2D eigenvalue weighted by atomic mass is 10.1. The lowest BCUT2D eigenvalue weighted by molar-refractivity contribution is -0.143. The van der Waals surface area contributed by atoms with Gasteiger partial charge in [-0.05, 0) is 12.8 Å². The van der Waals surface area contributed by atoms with Gasteiger partial charge >= 0.3 is 5.97 Å². The maximum Gasteiger partial charge on any atom is 0.305 e. The molecule has 2 nitrogen and oxygen atoms in total. The average molecular weight is 213 g/mol. The number of hydrogen-bond donors (Lipinski definition) is 0. The summed E-state index contributed by atoms with van der Waals surface area (Å²) in [6.07, 6.45) is 9.51. The third-order valence-corrected chi connectivity index (χ3v) is 2.39. The molecule has 0 saturated carbocycles. The van der Waals surface area contributed by atoms with Gasteiger partial charge in [-0.2, -0.15) is 0 Å². The smallest absolute Gasteiger partial charge is 0.305 e. The van der Waals surface area contributed by atoms with E-state index in [-0.39, 0.29) is 5.97 Å². The van der Waals surface area contributed by atoms with Gasteiger partial charge in [0, 0.05) is 6.42 Å². The Morgan fingerprint density at radius 2 is 1.73 bits per heavy atom. The van der Waals surface area contributed by atoms with Crippen LogP contribution in [0.1, 0.15) is 64.7 Å². The van der Waals surface area contributed by atoms with E-state index in [9.17, 15) is 4.79 Å². The quantitative estimate of drug-likeness (QED) is 0.406. The second-order valence-electron chi connectivity index (χ2n) is 3.95. The van der Waals surface area contributed by atoms with E-state index in [4.69, 9.17) is 4.74 Å². The van der Waals surface area contributed by atoms with Crippen LogP contribution in [-0.4, -0.2) is 12.6 Å². The van der Waals surface area contributed by atoms with Crippen LogP contribution >= 0.6 is 0 Å². The number of rotatable bonds is 10.